The first-order chi connectivity index (χ1) is 13.2. The highest BCUT2D eigenvalue weighted by molar-refractivity contribution is 7.98. The number of rotatable bonds is 5. The van der Waals surface area contributed by atoms with Crippen LogP contribution in [0.3, 0.4) is 0 Å². The van der Waals surface area contributed by atoms with Crippen molar-refractivity contribution in [3.63, 3.8) is 0 Å². The molecule has 27 heavy (non-hydrogen) atoms. The fourth-order valence-electron chi connectivity index (χ4n) is 3.23. The number of carbonyl (C=O) groups is 1. The van der Waals surface area contributed by atoms with Gasteiger partial charge in [-0.3, -0.25) is 9.78 Å². The Balaban J connectivity index is 1.42. The van der Waals surface area contributed by atoms with Crippen LogP contribution in [0.4, 0.5) is 0 Å². The minimum Gasteiger partial charge on any atom is -0.487 e. The van der Waals surface area contributed by atoms with Crippen molar-refractivity contribution in [2.24, 2.45) is 0 Å². The molecule has 1 atom stereocenters. The molecule has 4 rings (SSSR count). The zero-order chi connectivity index (χ0) is 18.6. The molecule has 136 valence electrons. The van der Waals surface area contributed by atoms with Crippen molar-refractivity contribution in [1.29, 1.82) is 0 Å². The van der Waals surface area contributed by atoms with Gasteiger partial charge in [0.05, 0.1) is 12.2 Å². The zero-order valence-electron chi connectivity index (χ0n) is 15.0. The fourth-order valence-corrected chi connectivity index (χ4v) is 3.64. The predicted octanol–water partition coefficient (Wildman–Crippen LogP) is 4.20. The maximum Gasteiger partial charge on any atom is 0.251 e. The second-order valence-electron chi connectivity index (χ2n) is 6.39. The second-order valence-corrected chi connectivity index (χ2v) is 7.27. The minimum absolute atomic E-state index is 0.0701. The summed E-state index contributed by atoms with van der Waals surface area (Å²) in [6.45, 7) is 0.472. The molecule has 0 spiro atoms. The Bertz CT molecular complexity index is 942. The highest BCUT2D eigenvalue weighted by Gasteiger charge is 2.26. The average molecular weight is 376 g/mol. The molecule has 4 nitrogen and oxygen atoms in total. The first-order valence-corrected chi connectivity index (χ1v) is 10.1. The van der Waals surface area contributed by atoms with Crippen molar-refractivity contribution in [2.75, 3.05) is 12.8 Å². The monoisotopic (exact) mass is 376 g/mol. The fraction of sp³-hybridized carbons (Fsp3) is 0.182. The van der Waals surface area contributed by atoms with E-state index in [2.05, 4.69) is 16.4 Å². The molecular formula is C22H20N2O2S. The lowest BCUT2D eigenvalue weighted by Gasteiger charge is -2.13. The van der Waals surface area contributed by atoms with Crippen LogP contribution >= 0.6 is 11.8 Å². The molecule has 1 aliphatic heterocycles. The van der Waals surface area contributed by atoms with Gasteiger partial charge in [-0.1, -0.05) is 18.2 Å². The Morgan fingerprint density at radius 1 is 1.15 bits per heavy atom. The van der Waals surface area contributed by atoms with E-state index in [0.29, 0.717) is 12.1 Å². The van der Waals surface area contributed by atoms with Crippen LogP contribution in [0, 0.1) is 0 Å². The number of benzene rings is 2. The van der Waals surface area contributed by atoms with Crippen molar-refractivity contribution in [1.82, 2.24) is 10.3 Å². The Morgan fingerprint density at radius 2 is 2.00 bits per heavy atom. The van der Waals surface area contributed by atoms with Gasteiger partial charge in [-0.05, 0) is 54.3 Å². The number of para-hydroxylation sites is 1. The van der Waals surface area contributed by atoms with Crippen molar-refractivity contribution in [2.45, 2.75) is 17.4 Å². The van der Waals surface area contributed by atoms with Gasteiger partial charge in [0.25, 0.3) is 5.91 Å². The van der Waals surface area contributed by atoms with Crippen LogP contribution in [0.25, 0.3) is 11.3 Å². The van der Waals surface area contributed by atoms with Gasteiger partial charge in [0.1, 0.15) is 11.9 Å². The smallest absolute Gasteiger partial charge is 0.251 e. The zero-order valence-corrected chi connectivity index (χ0v) is 15.8. The van der Waals surface area contributed by atoms with E-state index in [1.54, 1.807) is 18.0 Å². The summed E-state index contributed by atoms with van der Waals surface area (Å²) >= 11 is 1.66. The normalized spacial score (nSPS) is 15.1. The Morgan fingerprint density at radius 3 is 2.74 bits per heavy atom. The number of aromatic nitrogens is 1. The lowest BCUT2D eigenvalue weighted by atomic mass is 10.0. The van der Waals surface area contributed by atoms with E-state index in [1.807, 2.05) is 60.9 Å². The number of ether oxygens (including phenoxy) is 1. The van der Waals surface area contributed by atoms with Gasteiger partial charge in [-0.25, -0.2) is 0 Å². The number of hydrogen-bond acceptors (Lipinski definition) is 4. The third-order valence-electron chi connectivity index (χ3n) is 4.61. The van der Waals surface area contributed by atoms with Crippen LogP contribution in [-0.4, -0.2) is 29.8 Å². The van der Waals surface area contributed by atoms with Crippen molar-refractivity contribution in [3.05, 3.63) is 78.0 Å². The summed E-state index contributed by atoms with van der Waals surface area (Å²) in [6, 6.07) is 19.6. The summed E-state index contributed by atoms with van der Waals surface area (Å²) in [6.07, 6.45) is 4.51. The second kappa shape index (κ2) is 7.84. The number of pyridine rings is 1. The number of amides is 1. The highest BCUT2D eigenvalue weighted by atomic mass is 32.2. The summed E-state index contributed by atoms with van der Waals surface area (Å²) < 4.78 is 6.16. The molecule has 3 aromatic rings. The Hall–Kier alpha value is -2.79. The van der Waals surface area contributed by atoms with Crippen LogP contribution in [0.2, 0.25) is 0 Å². The van der Waals surface area contributed by atoms with E-state index in [9.17, 15) is 4.79 Å². The summed E-state index contributed by atoms with van der Waals surface area (Å²) in [5, 5.41) is 2.99. The lowest BCUT2D eigenvalue weighted by Crippen LogP contribution is -2.34. The quantitative estimate of drug-likeness (QED) is 0.678. The molecule has 2 aromatic carbocycles. The number of carbonyl (C=O) groups excluding carboxylic acids is 1. The maximum atomic E-state index is 12.4. The predicted molar refractivity (Wildman–Crippen MR) is 108 cm³/mol. The van der Waals surface area contributed by atoms with Crippen LogP contribution in [0.1, 0.15) is 15.9 Å². The lowest BCUT2D eigenvalue weighted by molar-refractivity contribution is 0.0933. The summed E-state index contributed by atoms with van der Waals surface area (Å²) in [7, 11) is 0. The number of fused-ring (bicyclic) bond motifs is 1. The molecule has 1 N–H and O–H groups in total. The number of nitrogens with one attached hydrogen (secondary N) is 1. The SMILES string of the molecule is CSc1ccc(C(=O)NC[C@H]2Cc3cccc(-c4ccccn4)c3O2)cc1. The summed E-state index contributed by atoms with van der Waals surface area (Å²) in [5.41, 5.74) is 3.71. The standard InChI is InChI=1S/C22H20N2O2S/c1-27-18-10-8-15(9-11-18)22(25)24-14-17-13-16-5-4-6-19(21(16)26-17)20-7-2-3-12-23-20/h2-12,17H,13-14H2,1H3,(H,24,25)/t17-/m1/s1. The third-order valence-corrected chi connectivity index (χ3v) is 5.36. The molecule has 0 saturated carbocycles. The maximum absolute atomic E-state index is 12.4. The van der Waals surface area contributed by atoms with E-state index in [0.717, 1.165) is 33.9 Å². The van der Waals surface area contributed by atoms with Gasteiger partial charge in [-0.2, -0.15) is 0 Å². The van der Waals surface area contributed by atoms with E-state index in [-0.39, 0.29) is 12.0 Å². The Labute approximate surface area is 163 Å². The van der Waals surface area contributed by atoms with Gasteiger partial charge in [0.15, 0.2) is 0 Å². The largest absolute Gasteiger partial charge is 0.487 e. The number of hydrogen-bond donors (Lipinski definition) is 1. The van der Waals surface area contributed by atoms with Gasteiger partial charge in [-0.15, -0.1) is 11.8 Å². The Kier molecular flexibility index (Phi) is 5.12. The van der Waals surface area contributed by atoms with Crippen LogP contribution < -0.4 is 10.1 Å². The van der Waals surface area contributed by atoms with Crippen molar-refractivity contribution >= 4 is 17.7 Å². The molecule has 0 radical (unpaired) electrons. The van der Waals surface area contributed by atoms with E-state index in [4.69, 9.17) is 4.74 Å². The first-order valence-electron chi connectivity index (χ1n) is 8.87. The minimum atomic E-state index is -0.0767. The number of thioether (sulfide) groups is 1. The van der Waals surface area contributed by atoms with Crippen molar-refractivity contribution in [3.8, 4) is 17.0 Å². The topological polar surface area (TPSA) is 51.2 Å². The molecule has 0 aliphatic carbocycles. The third kappa shape index (κ3) is 3.83. The molecule has 1 aliphatic rings. The van der Waals surface area contributed by atoms with E-state index >= 15 is 0 Å². The van der Waals surface area contributed by atoms with Crippen LogP contribution in [0.5, 0.6) is 5.75 Å². The summed E-state index contributed by atoms with van der Waals surface area (Å²) in [4.78, 5) is 17.9. The van der Waals surface area contributed by atoms with E-state index < -0.39 is 0 Å². The summed E-state index contributed by atoms with van der Waals surface area (Å²) in [5.74, 6) is 0.798. The first kappa shape index (κ1) is 17.6. The molecule has 0 bridgehead atoms. The molecule has 0 fully saturated rings. The van der Waals surface area contributed by atoms with Gasteiger partial charge < -0.3 is 10.1 Å². The molecule has 1 amide bonds. The molecule has 1 aromatic heterocycles. The van der Waals surface area contributed by atoms with Crippen LogP contribution in [0.15, 0.2) is 71.8 Å². The molecule has 0 saturated heterocycles. The highest BCUT2D eigenvalue weighted by Crippen LogP contribution is 2.37. The van der Waals surface area contributed by atoms with Crippen molar-refractivity contribution < 1.29 is 9.53 Å². The van der Waals surface area contributed by atoms with Gasteiger partial charge in [0.2, 0.25) is 0 Å². The van der Waals surface area contributed by atoms with Crippen LogP contribution in [-0.2, 0) is 6.42 Å². The molecule has 2 heterocycles. The molecule has 5 heteroatoms. The van der Waals surface area contributed by atoms with Gasteiger partial charge in [0, 0.05) is 28.6 Å². The molecule has 0 unspecified atom stereocenters. The molecular weight excluding hydrogens is 356 g/mol. The van der Waals surface area contributed by atoms with Gasteiger partial charge >= 0.3 is 0 Å². The number of nitrogens with zero attached hydrogens (tertiary/aromatic N) is 1. The average Bonchev–Trinajstić information content (AvgIpc) is 3.16. The van der Waals surface area contributed by atoms with E-state index in [1.165, 1.54) is 0 Å².